The van der Waals surface area contributed by atoms with E-state index in [-0.39, 0.29) is 0 Å². The fourth-order valence-corrected chi connectivity index (χ4v) is 2.81. The Hall–Kier alpha value is -3.61. The van der Waals surface area contributed by atoms with Crippen LogP contribution in [-0.2, 0) is 6.42 Å². The molecular formula is C20H20N6O. The highest BCUT2D eigenvalue weighted by molar-refractivity contribution is 5.90. The number of hydrogen-bond donors (Lipinski definition) is 3. The van der Waals surface area contributed by atoms with Crippen LogP contribution in [0, 0.1) is 0 Å². The van der Waals surface area contributed by atoms with Crippen LogP contribution in [0.5, 0.6) is 5.75 Å². The molecule has 27 heavy (non-hydrogen) atoms. The van der Waals surface area contributed by atoms with E-state index in [2.05, 4.69) is 30.6 Å². The first kappa shape index (κ1) is 16.8. The van der Waals surface area contributed by atoms with Gasteiger partial charge in [0.05, 0.1) is 19.0 Å². The van der Waals surface area contributed by atoms with Crippen LogP contribution in [0.2, 0.25) is 0 Å². The maximum atomic E-state index is 5.20. The number of methoxy groups -OCH3 is 1. The predicted octanol–water partition coefficient (Wildman–Crippen LogP) is 3.76. The Kier molecular flexibility index (Phi) is 4.82. The van der Waals surface area contributed by atoms with Crippen molar-refractivity contribution in [1.29, 1.82) is 0 Å². The van der Waals surface area contributed by atoms with Crippen molar-refractivity contribution in [3.63, 3.8) is 0 Å². The lowest BCUT2D eigenvalue weighted by molar-refractivity contribution is 0.415. The second-order valence-corrected chi connectivity index (χ2v) is 6.02. The Morgan fingerprint density at radius 3 is 2.67 bits per heavy atom. The van der Waals surface area contributed by atoms with Crippen LogP contribution >= 0.6 is 0 Å². The number of anilines is 3. The summed E-state index contributed by atoms with van der Waals surface area (Å²) in [6.45, 7) is 0.741. The molecule has 0 atom stereocenters. The number of ether oxygens (including phenoxy) is 1. The number of rotatable bonds is 7. The third-order valence-electron chi connectivity index (χ3n) is 4.19. The van der Waals surface area contributed by atoms with Crippen molar-refractivity contribution in [1.82, 2.24) is 19.9 Å². The van der Waals surface area contributed by atoms with Crippen LogP contribution in [0.15, 0.2) is 61.1 Å². The molecule has 0 aliphatic heterocycles. The highest BCUT2D eigenvalue weighted by Gasteiger charge is 2.08. The molecule has 0 amide bonds. The highest BCUT2D eigenvalue weighted by atomic mass is 16.5. The first-order chi connectivity index (χ1) is 13.3. The van der Waals surface area contributed by atoms with Gasteiger partial charge < -0.3 is 20.4 Å². The van der Waals surface area contributed by atoms with E-state index in [0.29, 0.717) is 5.95 Å². The summed E-state index contributed by atoms with van der Waals surface area (Å²) >= 11 is 0. The summed E-state index contributed by atoms with van der Waals surface area (Å²) in [5.74, 6) is 2.15. The minimum atomic E-state index is 0.544. The highest BCUT2D eigenvalue weighted by Crippen LogP contribution is 2.24. The van der Waals surface area contributed by atoms with Crippen LogP contribution in [0.4, 0.5) is 17.5 Å². The van der Waals surface area contributed by atoms with E-state index in [1.54, 1.807) is 13.4 Å². The SMILES string of the molecule is COc1ccc(Nc2nc(NCCc3cnc[nH]3)c3ccccc3n2)cc1. The summed E-state index contributed by atoms with van der Waals surface area (Å²) in [7, 11) is 1.65. The van der Waals surface area contributed by atoms with E-state index in [1.165, 1.54) is 0 Å². The molecule has 4 aromatic rings. The lowest BCUT2D eigenvalue weighted by atomic mass is 10.2. The minimum Gasteiger partial charge on any atom is -0.497 e. The first-order valence-electron chi connectivity index (χ1n) is 8.71. The molecule has 0 saturated heterocycles. The minimum absolute atomic E-state index is 0.544. The number of nitrogens with one attached hydrogen (secondary N) is 3. The van der Waals surface area contributed by atoms with Gasteiger partial charge in [0.2, 0.25) is 5.95 Å². The molecule has 7 nitrogen and oxygen atoms in total. The van der Waals surface area contributed by atoms with E-state index in [1.807, 2.05) is 54.7 Å². The Morgan fingerprint density at radius 1 is 1.04 bits per heavy atom. The van der Waals surface area contributed by atoms with Gasteiger partial charge in [-0.1, -0.05) is 12.1 Å². The first-order valence-corrected chi connectivity index (χ1v) is 8.71. The number of nitrogens with zero attached hydrogens (tertiary/aromatic N) is 3. The van der Waals surface area contributed by atoms with Crippen LogP contribution in [0.3, 0.4) is 0 Å². The molecule has 0 saturated carbocycles. The van der Waals surface area contributed by atoms with E-state index >= 15 is 0 Å². The van der Waals surface area contributed by atoms with Crippen LogP contribution in [0.1, 0.15) is 5.69 Å². The zero-order chi connectivity index (χ0) is 18.5. The van der Waals surface area contributed by atoms with Crippen molar-refractivity contribution in [2.24, 2.45) is 0 Å². The van der Waals surface area contributed by atoms with Gasteiger partial charge in [-0.2, -0.15) is 4.98 Å². The number of H-pyrrole nitrogens is 1. The molecule has 0 spiro atoms. The summed E-state index contributed by atoms with van der Waals surface area (Å²) in [4.78, 5) is 16.4. The second-order valence-electron chi connectivity index (χ2n) is 6.02. The van der Waals surface area contributed by atoms with Crippen molar-refractivity contribution in [3.8, 4) is 5.75 Å². The number of benzene rings is 2. The third kappa shape index (κ3) is 3.98. The zero-order valence-corrected chi connectivity index (χ0v) is 14.9. The van der Waals surface area contributed by atoms with Crippen molar-refractivity contribution < 1.29 is 4.74 Å². The maximum absolute atomic E-state index is 5.20. The molecular weight excluding hydrogens is 340 g/mol. The lowest BCUT2D eigenvalue weighted by Gasteiger charge is -2.12. The van der Waals surface area contributed by atoms with Crippen molar-refractivity contribution in [2.45, 2.75) is 6.42 Å². The van der Waals surface area contributed by atoms with Gasteiger partial charge in [0.15, 0.2) is 0 Å². The van der Waals surface area contributed by atoms with Gasteiger partial charge >= 0.3 is 0 Å². The van der Waals surface area contributed by atoms with Gasteiger partial charge in [0.1, 0.15) is 11.6 Å². The summed E-state index contributed by atoms with van der Waals surface area (Å²) in [6, 6.07) is 15.6. The number of aromatic nitrogens is 4. The molecule has 2 heterocycles. The fourth-order valence-electron chi connectivity index (χ4n) is 2.81. The largest absolute Gasteiger partial charge is 0.497 e. The van der Waals surface area contributed by atoms with Crippen molar-refractivity contribution >= 4 is 28.4 Å². The van der Waals surface area contributed by atoms with Gasteiger partial charge in [-0.15, -0.1) is 0 Å². The van der Waals surface area contributed by atoms with Gasteiger partial charge in [-0.25, -0.2) is 9.97 Å². The number of aromatic amines is 1. The smallest absolute Gasteiger partial charge is 0.229 e. The summed E-state index contributed by atoms with van der Waals surface area (Å²) in [5.41, 5.74) is 2.86. The van der Waals surface area contributed by atoms with E-state index < -0.39 is 0 Å². The van der Waals surface area contributed by atoms with Gasteiger partial charge in [0.25, 0.3) is 0 Å². The molecule has 136 valence electrons. The average Bonchev–Trinajstić information content (AvgIpc) is 3.22. The van der Waals surface area contributed by atoms with Gasteiger partial charge in [0, 0.05) is 35.9 Å². The quantitative estimate of drug-likeness (QED) is 0.465. The number of fused-ring (bicyclic) bond motifs is 1. The standard InChI is InChI=1S/C20H20N6O/c1-27-16-8-6-14(7-9-16)24-20-25-18-5-3-2-4-17(18)19(26-20)22-11-10-15-12-21-13-23-15/h2-9,12-13H,10-11H2,1H3,(H,21,23)(H2,22,24,25,26). The molecule has 0 unspecified atom stereocenters. The van der Waals surface area contributed by atoms with Crippen LogP contribution < -0.4 is 15.4 Å². The van der Waals surface area contributed by atoms with Crippen molar-refractivity contribution in [3.05, 3.63) is 66.7 Å². The van der Waals surface area contributed by atoms with E-state index in [9.17, 15) is 0 Å². The number of hydrogen-bond acceptors (Lipinski definition) is 6. The molecule has 4 rings (SSSR count). The van der Waals surface area contributed by atoms with Crippen molar-refractivity contribution in [2.75, 3.05) is 24.3 Å². The molecule has 7 heteroatoms. The zero-order valence-electron chi connectivity index (χ0n) is 14.9. The van der Waals surface area contributed by atoms with Gasteiger partial charge in [-0.3, -0.25) is 0 Å². The summed E-state index contributed by atoms with van der Waals surface area (Å²) in [5, 5.41) is 7.66. The monoisotopic (exact) mass is 360 g/mol. The normalized spacial score (nSPS) is 10.7. The Labute approximate surface area is 156 Å². The topological polar surface area (TPSA) is 87.8 Å². The molecule has 0 fully saturated rings. The molecule has 3 N–H and O–H groups in total. The molecule has 0 bridgehead atoms. The van der Waals surface area contributed by atoms with Gasteiger partial charge in [-0.05, 0) is 36.4 Å². The Morgan fingerprint density at radius 2 is 1.89 bits per heavy atom. The maximum Gasteiger partial charge on any atom is 0.229 e. The van der Waals surface area contributed by atoms with Crippen LogP contribution in [-0.4, -0.2) is 33.6 Å². The Bertz CT molecular complexity index is 1010. The fraction of sp³-hybridized carbons (Fsp3) is 0.150. The molecule has 0 radical (unpaired) electrons. The average molecular weight is 360 g/mol. The lowest BCUT2D eigenvalue weighted by Crippen LogP contribution is -2.09. The summed E-state index contributed by atoms with van der Waals surface area (Å²) in [6.07, 6.45) is 4.35. The van der Waals surface area contributed by atoms with E-state index in [0.717, 1.165) is 46.8 Å². The summed E-state index contributed by atoms with van der Waals surface area (Å²) < 4.78 is 5.20. The third-order valence-corrected chi connectivity index (χ3v) is 4.19. The van der Waals surface area contributed by atoms with E-state index in [4.69, 9.17) is 4.74 Å². The Balaban J connectivity index is 1.57. The van der Waals surface area contributed by atoms with Crippen LogP contribution in [0.25, 0.3) is 10.9 Å². The molecule has 2 aromatic heterocycles. The molecule has 2 aromatic carbocycles. The number of para-hydroxylation sites is 1. The molecule has 0 aliphatic carbocycles. The molecule has 0 aliphatic rings. The predicted molar refractivity (Wildman–Crippen MR) is 107 cm³/mol. The second kappa shape index (κ2) is 7.74. The number of imidazole rings is 1.